The summed E-state index contributed by atoms with van der Waals surface area (Å²) in [6.07, 6.45) is 3.35. The molecule has 2 aromatic rings. The highest BCUT2D eigenvalue weighted by molar-refractivity contribution is 5.81. The molecule has 6 nitrogen and oxygen atoms in total. The molecule has 0 fully saturated rings. The molecule has 2 heterocycles. The van der Waals surface area contributed by atoms with Gasteiger partial charge in [-0.05, 0) is 33.9 Å². The summed E-state index contributed by atoms with van der Waals surface area (Å²) in [5, 5.41) is 11.3. The number of nitrogens with zero attached hydrogens (tertiary/aromatic N) is 5. The van der Waals surface area contributed by atoms with Gasteiger partial charge < -0.3 is 4.90 Å². The molecule has 1 aromatic carbocycles. The topological polar surface area (TPSA) is 63.9 Å². The van der Waals surface area contributed by atoms with Gasteiger partial charge in [0, 0.05) is 13.1 Å². The second-order valence-corrected chi connectivity index (χ2v) is 5.90. The summed E-state index contributed by atoms with van der Waals surface area (Å²) in [5.74, 6) is 0.296. The van der Waals surface area contributed by atoms with Crippen molar-refractivity contribution < 1.29 is 4.79 Å². The lowest BCUT2D eigenvalue weighted by Gasteiger charge is -2.33. The third-order valence-corrected chi connectivity index (χ3v) is 4.53. The van der Waals surface area contributed by atoms with Crippen LogP contribution in [0.25, 0.3) is 0 Å². The summed E-state index contributed by atoms with van der Waals surface area (Å²) in [6.45, 7) is 5.58. The lowest BCUT2D eigenvalue weighted by Crippen LogP contribution is -2.42. The smallest absolute Gasteiger partial charge is 0.248 e. The van der Waals surface area contributed by atoms with Gasteiger partial charge in [-0.25, -0.2) is 4.68 Å². The van der Waals surface area contributed by atoms with Crippen LogP contribution in [0.4, 0.5) is 0 Å². The van der Waals surface area contributed by atoms with Crippen molar-refractivity contribution in [2.24, 2.45) is 5.92 Å². The van der Waals surface area contributed by atoms with E-state index in [1.807, 2.05) is 11.0 Å². The maximum atomic E-state index is 13.0. The van der Waals surface area contributed by atoms with E-state index in [9.17, 15) is 4.79 Å². The average molecular weight is 299 g/mol. The Hall–Kier alpha value is -2.24. The van der Waals surface area contributed by atoms with E-state index in [4.69, 9.17) is 0 Å². The number of carbonyl (C=O) groups is 1. The first-order valence-electron chi connectivity index (χ1n) is 7.78. The highest BCUT2D eigenvalue weighted by Crippen LogP contribution is 2.26. The standard InChI is InChI=1S/C16H21N5O/c1-3-12(2)15(21-11-17-18-19-21)16(22)20-9-8-13-6-4-5-7-14(13)10-20/h4-7,11-12,15H,3,8-10H2,1-2H3. The summed E-state index contributed by atoms with van der Waals surface area (Å²) in [5.41, 5.74) is 2.58. The highest BCUT2D eigenvalue weighted by atomic mass is 16.2. The Kier molecular flexibility index (Phi) is 4.18. The van der Waals surface area contributed by atoms with E-state index in [1.54, 1.807) is 4.68 Å². The first kappa shape index (κ1) is 14.7. The Labute approximate surface area is 130 Å². The summed E-state index contributed by atoms with van der Waals surface area (Å²) >= 11 is 0. The predicted octanol–water partition coefficient (Wildman–Crippen LogP) is 1.85. The molecule has 0 spiro atoms. The molecule has 2 atom stereocenters. The van der Waals surface area contributed by atoms with Gasteiger partial charge in [-0.1, -0.05) is 44.5 Å². The van der Waals surface area contributed by atoms with E-state index in [2.05, 4.69) is 47.6 Å². The van der Waals surface area contributed by atoms with Gasteiger partial charge in [0.25, 0.3) is 0 Å². The molecule has 1 amide bonds. The van der Waals surface area contributed by atoms with Gasteiger partial charge in [0.15, 0.2) is 0 Å². The molecule has 0 radical (unpaired) electrons. The summed E-state index contributed by atoms with van der Waals surface area (Å²) < 4.78 is 1.59. The lowest BCUT2D eigenvalue weighted by molar-refractivity contribution is -0.137. The van der Waals surface area contributed by atoms with Crippen LogP contribution in [0.2, 0.25) is 0 Å². The van der Waals surface area contributed by atoms with Crippen molar-refractivity contribution in [1.29, 1.82) is 0 Å². The van der Waals surface area contributed by atoms with Gasteiger partial charge in [-0.2, -0.15) is 0 Å². The van der Waals surface area contributed by atoms with Gasteiger partial charge in [-0.15, -0.1) is 5.10 Å². The van der Waals surface area contributed by atoms with Crippen LogP contribution in [0.15, 0.2) is 30.6 Å². The molecule has 6 heteroatoms. The predicted molar refractivity (Wildman–Crippen MR) is 81.9 cm³/mol. The number of hydrogen-bond acceptors (Lipinski definition) is 4. The molecule has 0 bridgehead atoms. The van der Waals surface area contributed by atoms with Gasteiger partial charge in [-0.3, -0.25) is 4.79 Å². The van der Waals surface area contributed by atoms with Crippen molar-refractivity contribution in [2.45, 2.75) is 39.3 Å². The van der Waals surface area contributed by atoms with Crippen LogP contribution in [-0.2, 0) is 17.8 Å². The van der Waals surface area contributed by atoms with E-state index < -0.39 is 0 Å². The van der Waals surface area contributed by atoms with Crippen molar-refractivity contribution in [3.8, 4) is 0 Å². The van der Waals surface area contributed by atoms with Crippen molar-refractivity contribution in [3.05, 3.63) is 41.7 Å². The molecule has 0 N–H and O–H groups in total. The SMILES string of the molecule is CCC(C)C(C(=O)N1CCc2ccccc2C1)n1cnnn1. The number of tetrazole rings is 1. The Morgan fingerprint density at radius 2 is 2.09 bits per heavy atom. The summed E-state index contributed by atoms with van der Waals surface area (Å²) in [6, 6.07) is 8.00. The maximum Gasteiger partial charge on any atom is 0.248 e. The number of hydrogen-bond donors (Lipinski definition) is 0. The minimum Gasteiger partial charge on any atom is -0.336 e. The van der Waals surface area contributed by atoms with Gasteiger partial charge in [0.1, 0.15) is 12.4 Å². The van der Waals surface area contributed by atoms with Crippen molar-refractivity contribution >= 4 is 5.91 Å². The maximum absolute atomic E-state index is 13.0. The van der Waals surface area contributed by atoms with Crippen LogP contribution < -0.4 is 0 Å². The van der Waals surface area contributed by atoms with Crippen molar-refractivity contribution in [3.63, 3.8) is 0 Å². The molecule has 116 valence electrons. The second kappa shape index (κ2) is 6.25. The number of rotatable bonds is 4. The Balaban J connectivity index is 1.83. The highest BCUT2D eigenvalue weighted by Gasteiger charge is 2.32. The van der Waals surface area contributed by atoms with Crippen LogP contribution in [0.3, 0.4) is 0 Å². The Morgan fingerprint density at radius 3 is 2.77 bits per heavy atom. The minimum absolute atomic E-state index is 0.108. The Morgan fingerprint density at radius 1 is 1.32 bits per heavy atom. The number of amides is 1. The average Bonchev–Trinajstić information content (AvgIpc) is 3.08. The summed E-state index contributed by atoms with van der Waals surface area (Å²) in [4.78, 5) is 14.9. The first-order chi connectivity index (χ1) is 10.7. The van der Waals surface area contributed by atoms with E-state index in [1.165, 1.54) is 17.5 Å². The number of fused-ring (bicyclic) bond motifs is 1. The Bertz CT molecular complexity index is 640. The fraction of sp³-hybridized carbons (Fsp3) is 0.500. The van der Waals surface area contributed by atoms with E-state index in [0.29, 0.717) is 6.54 Å². The summed E-state index contributed by atoms with van der Waals surface area (Å²) in [7, 11) is 0. The van der Waals surface area contributed by atoms with Crippen LogP contribution in [0.1, 0.15) is 37.4 Å². The van der Waals surface area contributed by atoms with Gasteiger partial charge in [0.2, 0.25) is 5.91 Å². The molecule has 1 aliphatic heterocycles. The molecule has 0 aliphatic carbocycles. The van der Waals surface area contributed by atoms with Crippen molar-refractivity contribution in [1.82, 2.24) is 25.1 Å². The normalized spacial score (nSPS) is 16.9. The van der Waals surface area contributed by atoms with Crippen LogP contribution in [0, 0.1) is 5.92 Å². The minimum atomic E-state index is -0.328. The second-order valence-electron chi connectivity index (χ2n) is 5.90. The number of carbonyl (C=O) groups excluding carboxylic acids is 1. The zero-order valence-corrected chi connectivity index (χ0v) is 13.0. The van der Waals surface area contributed by atoms with Crippen molar-refractivity contribution in [2.75, 3.05) is 6.54 Å². The largest absolute Gasteiger partial charge is 0.336 e. The number of benzene rings is 1. The van der Waals surface area contributed by atoms with Crippen LogP contribution in [-0.4, -0.2) is 37.6 Å². The molecule has 3 rings (SSSR count). The molecule has 0 saturated carbocycles. The third kappa shape index (κ3) is 2.73. The molecular weight excluding hydrogens is 278 g/mol. The quantitative estimate of drug-likeness (QED) is 0.864. The van der Waals surface area contributed by atoms with Gasteiger partial charge in [0.05, 0.1) is 0 Å². The fourth-order valence-electron chi connectivity index (χ4n) is 3.01. The van der Waals surface area contributed by atoms with Crippen LogP contribution in [0.5, 0.6) is 0 Å². The monoisotopic (exact) mass is 299 g/mol. The third-order valence-electron chi connectivity index (χ3n) is 4.53. The zero-order valence-electron chi connectivity index (χ0n) is 13.0. The molecule has 1 aliphatic rings. The van der Waals surface area contributed by atoms with E-state index in [0.717, 1.165) is 19.4 Å². The molecule has 0 saturated heterocycles. The number of aromatic nitrogens is 4. The molecule has 1 aromatic heterocycles. The zero-order chi connectivity index (χ0) is 15.5. The van der Waals surface area contributed by atoms with Crippen LogP contribution >= 0.6 is 0 Å². The van der Waals surface area contributed by atoms with Gasteiger partial charge >= 0.3 is 0 Å². The molecular formula is C16H21N5O. The van der Waals surface area contributed by atoms with E-state index >= 15 is 0 Å². The molecule has 2 unspecified atom stereocenters. The first-order valence-corrected chi connectivity index (χ1v) is 7.78. The lowest BCUT2D eigenvalue weighted by atomic mass is 9.95. The van der Waals surface area contributed by atoms with E-state index in [-0.39, 0.29) is 17.9 Å². The molecule has 22 heavy (non-hydrogen) atoms. The fourth-order valence-corrected chi connectivity index (χ4v) is 3.01.